The average molecular weight is 236 g/mol. The molecule has 1 aliphatic rings. The fraction of sp³-hybridized carbons (Fsp3) is 0.600. The Morgan fingerprint density at radius 2 is 2.18 bits per heavy atom. The van der Waals surface area contributed by atoms with Crippen LogP contribution < -0.4 is 0 Å². The van der Waals surface area contributed by atoms with E-state index >= 15 is 0 Å². The number of rotatable bonds is 2. The van der Waals surface area contributed by atoms with Gasteiger partial charge in [0.25, 0.3) is 0 Å². The Hall–Kier alpha value is -0.890. The molecule has 0 spiro atoms. The van der Waals surface area contributed by atoms with Gasteiger partial charge in [-0.3, -0.25) is 0 Å². The van der Waals surface area contributed by atoms with Gasteiger partial charge < -0.3 is 5.11 Å². The standard InChI is InChI=1S/C15H21FO/c1-4-15(10(2)3)13-7-6-12(16)9-11(13)5-8-14(15)17/h6-7,9-10,14,17H,4-5,8H2,1-3H3. The number of hydrogen-bond acceptors (Lipinski definition) is 1. The summed E-state index contributed by atoms with van der Waals surface area (Å²) in [6, 6.07) is 5.02. The summed E-state index contributed by atoms with van der Waals surface area (Å²) in [5.41, 5.74) is 2.02. The first-order chi connectivity index (χ1) is 8.02. The lowest BCUT2D eigenvalue weighted by Gasteiger charge is -2.46. The highest BCUT2D eigenvalue weighted by Crippen LogP contribution is 2.45. The Morgan fingerprint density at radius 1 is 1.47 bits per heavy atom. The second-order valence-corrected chi connectivity index (χ2v) is 5.40. The Labute approximate surface area is 103 Å². The van der Waals surface area contributed by atoms with Crippen LogP contribution in [0, 0.1) is 11.7 Å². The topological polar surface area (TPSA) is 20.2 Å². The lowest BCUT2D eigenvalue weighted by molar-refractivity contribution is 0.0314. The van der Waals surface area contributed by atoms with Gasteiger partial charge in [-0.05, 0) is 48.4 Å². The molecule has 1 aromatic carbocycles. The van der Waals surface area contributed by atoms with E-state index in [1.807, 2.05) is 6.07 Å². The Balaban J connectivity index is 2.60. The smallest absolute Gasteiger partial charge is 0.123 e. The first kappa shape index (κ1) is 12.6. The average Bonchev–Trinajstić information content (AvgIpc) is 2.29. The van der Waals surface area contributed by atoms with Gasteiger partial charge in [0.15, 0.2) is 0 Å². The zero-order chi connectivity index (χ0) is 12.6. The second kappa shape index (κ2) is 4.41. The Bertz CT molecular complexity index is 413. The van der Waals surface area contributed by atoms with Crippen molar-refractivity contribution in [2.45, 2.75) is 51.6 Å². The summed E-state index contributed by atoms with van der Waals surface area (Å²) in [6.07, 6.45) is 2.10. The quantitative estimate of drug-likeness (QED) is 0.834. The molecule has 2 rings (SSSR count). The molecule has 1 aromatic rings. The van der Waals surface area contributed by atoms with Gasteiger partial charge in [-0.25, -0.2) is 4.39 Å². The molecular formula is C15H21FO. The van der Waals surface area contributed by atoms with Crippen LogP contribution in [-0.2, 0) is 11.8 Å². The number of aryl methyl sites for hydroxylation is 1. The maximum absolute atomic E-state index is 13.3. The van der Waals surface area contributed by atoms with Gasteiger partial charge >= 0.3 is 0 Å². The van der Waals surface area contributed by atoms with Gasteiger partial charge in [-0.15, -0.1) is 0 Å². The van der Waals surface area contributed by atoms with Crippen LogP contribution in [0.5, 0.6) is 0 Å². The molecule has 0 amide bonds. The third kappa shape index (κ3) is 1.79. The number of halogens is 1. The molecule has 17 heavy (non-hydrogen) atoms. The molecule has 0 aromatic heterocycles. The zero-order valence-electron chi connectivity index (χ0n) is 10.8. The number of fused-ring (bicyclic) bond motifs is 1. The molecule has 94 valence electrons. The van der Waals surface area contributed by atoms with Gasteiger partial charge in [-0.2, -0.15) is 0 Å². The van der Waals surface area contributed by atoms with E-state index in [1.165, 1.54) is 6.07 Å². The van der Waals surface area contributed by atoms with Crippen LogP contribution in [0.15, 0.2) is 18.2 Å². The van der Waals surface area contributed by atoms with E-state index in [2.05, 4.69) is 20.8 Å². The van der Waals surface area contributed by atoms with Crippen molar-refractivity contribution in [3.8, 4) is 0 Å². The van der Waals surface area contributed by atoms with Crippen molar-refractivity contribution in [3.63, 3.8) is 0 Å². The van der Waals surface area contributed by atoms with Crippen LogP contribution in [0.3, 0.4) is 0 Å². The first-order valence-corrected chi connectivity index (χ1v) is 6.49. The zero-order valence-corrected chi connectivity index (χ0v) is 10.8. The lowest BCUT2D eigenvalue weighted by atomic mass is 9.61. The van der Waals surface area contributed by atoms with E-state index in [9.17, 15) is 9.50 Å². The van der Waals surface area contributed by atoms with E-state index in [4.69, 9.17) is 0 Å². The minimum atomic E-state index is -0.314. The molecule has 0 heterocycles. The van der Waals surface area contributed by atoms with Crippen molar-refractivity contribution in [3.05, 3.63) is 35.1 Å². The Morgan fingerprint density at radius 3 is 2.76 bits per heavy atom. The summed E-state index contributed by atoms with van der Waals surface area (Å²) in [5, 5.41) is 10.4. The molecule has 0 saturated carbocycles. The number of hydrogen-bond donors (Lipinski definition) is 1. The highest BCUT2D eigenvalue weighted by molar-refractivity contribution is 5.39. The van der Waals surface area contributed by atoms with Crippen molar-refractivity contribution < 1.29 is 9.50 Å². The van der Waals surface area contributed by atoms with Gasteiger partial charge in [0.2, 0.25) is 0 Å². The summed E-state index contributed by atoms with van der Waals surface area (Å²) >= 11 is 0. The first-order valence-electron chi connectivity index (χ1n) is 6.49. The third-order valence-electron chi connectivity index (χ3n) is 4.47. The second-order valence-electron chi connectivity index (χ2n) is 5.40. The van der Waals surface area contributed by atoms with Crippen LogP contribution in [0.1, 0.15) is 44.7 Å². The van der Waals surface area contributed by atoms with E-state index < -0.39 is 0 Å². The molecule has 1 N–H and O–H groups in total. The minimum absolute atomic E-state index is 0.172. The van der Waals surface area contributed by atoms with E-state index in [0.29, 0.717) is 5.92 Å². The van der Waals surface area contributed by atoms with Crippen molar-refractivity contribution in [1.82, 2.24) is 0 Å². The van der Waals surface area contributed by atoms with E-state index in [0.717, 1.165) is 30.4 Å². The fourth-order valence-corrected chi connectivity index (χ4v) is 3.48. The number of benzene rings is 1. The fourth-order valence-electron chi connectivity index (χ4n) is 3.48. The van der Waals surface area contributed by atoms with Crippen LogP contribution >= 0.6 is 0 Å². The predicted molar refractivity (Wildman–Crippen MR) is 67.5 cm³/mol. The molecule has 0 radical (unpaired) electrons. The molecular weight excluding hydrogens is 215 g/mol. The molecule has 0 saturated heterocycles. The summed E-state index contributed by atoms with van der Waals surface area (Å²) in [5.74, 6) is 0.181. The maximum Gasteiger partial charge on any atom is 0.123 e. The highest BCUT2D eigenvalue weighted by atomic mass is 19.1. The Kier molecular flexibility index (Phi) is 3.26. The molecule has 0 fully saturated rings. The van der Waals surface area contributed by atoms with Crippen LogP contribution in [0.2, 0.25) is 0 Å². The number of aliphatic hydroxyl groups excluding tert-OH is 1. The van der Waals surface area contributed by atoms with Crippen molar-refractivity contribution in [1.29, 1.82) is 0 Å². The molecule has 2 heteroatoms. The normalized spacial score (nSPS) is 28.2. The largest absolute Gasteiger partial charge is 0.392 e. The third-order valence-corrected chi connectivity index (χ3v) is 4.47. The van der Waals surface area contributed by atoms with Crippen LogP contribution in [0.25, 0.3) is 0 Å². The molecule has 1 aliphatic carbocycles. The van der Waals surface area contributed by atoms with Gasteiger partial charge in [0.1, 0.15) is 5.82 Å². The predicted octanol–water partition coefficient (Wildman–Crippen LogP) is 3.44. The molecule has 1 nitrogen and oxygen atoms in total. The molecule has 0 aliphatic heterocycles. The van der Waals surface area contributed by atoms with Crippen molar-refractivity contribution in [2.75, 3.05) is 0 Å². The van der Waals surface area contributed by atoms with E-state index in [1.54, 1.807) is 6.07 Å². The van der Waals surface area contributed by atoms with Crippen LogP contribution in [0.4, 0.5) is 4.39 Å². The highest BCUT2D eigenvalue weighted by Gasteiger charge is 2.44. The van der Waals surface area contributed by atoms with Gasteiger partial charge in [-0.1, -0.05) is 26.8 Å². The number of aliphatic hydroxyl groups is 1. The van der Waals surface area contributed by atoms with Gasteiger partial charge in [0.05, 0.1) is 6.10 Å². The summed E-state index contributed by atoms with van der Waals surface area (Å²) < 4.78 is 13.3. The van der Waals surface area contributed by atoms with Gasteiger partial charge in [0, 0.05) is 5.41 Å². The molecule has 2 atom stereocenters. The van der Waals surface area contributed by atoms with E-state index in [-0.39, 0.29) is 17.3 Å². The summed E-state index contributed by atoms with van der Waals surface area (Å²) in [4.78, 5) is 0. The van der Waals surface area contributed by atoms with Crippen LogP contribution in [-0.4, -0.2) is 11.2 Å². The molecule has 0 bridgehead atoms. The summed E-state index contributed by atoms with van der Waals surface area (Å²) in [7, 11) is 0. The monoisotopic (exact) mass is 236 g/mol. The SMILES string of the molecule is CCC1(C(C)C)c2ccc(F)cc2CCC1O. The summed E-state index contributed by atoms with van der Waals surface area (Å²) in [6.45, 7) is 6.40. The maximum atomic E-state index is 13.3. The minimum Gasteiger partial charge on any atom is -0.392 e. The van der Waals surface area contributed by atoms with Crippen molar-refractivity contribution in [2.24, 2.45) is 5.92 Å². The lowest BCUT2D eigenvalue weighted by Crippen LogP contribution is -2.47. The molecule has 2 unspecified atom stereocenters. The van der Waals surface area contributed by atoms with Crippen molar-refractivity contribution >= 4 is 0 Å².